The first kappa shape index (κ1) is 14.7. The Bertz CT molecular complexity index is 482. The molecule has 1 unspecified atom stereocenters. The van der Waals surface area contributed by atoms with Gasteiger partial charge in [-0.25, -0.2) is 0 Å². The van der Waals surface area contributed by atoms with Gasteiger partial charge < -0.3 is 9.84 Å². The van der Waals surface area contributed by atoms with Gasteiger partial charge in [-0.15, -0.1) is 0 Å². The van der Waals surface area contributed by atoms with Crippen molar-refractivity contribution in [2.24, 2.45) is 5.41 Å². The van der Waals surface area contributed by atoms with E-state index in [1.807, 2.05) is 17.8 Å². The molecule has 1 atom stereocenters. The first-order valence-electron chi connectivity index (χ1n) is 6.74. The smallest absolute Gasteiger partial charge is 0.128 e. The molecule has 1 aromatic rings. The molecule has 0 spiro atoms. The van der Waals surface area contributed by atoms with Crippen molar-refractivity contribution >= 4 is 11.8 Å². The van der Waals surface area contributed by atoms with Gasteiger partial charge in [0.2, 0.25) is 0 Å². The molecule has 1 aromatic carbocycles. The number of thioether (sulfide) groups is 1. The molecular weight excluding hydrogens is 256 g/mol. The minimum absolute atomic E-state index is 0.154. The SMILES string of the molecule is COc1c(C2(O)CSCC(C)(C)C2)ccc(C)c1C. The standard InChI is InChI=1S/C16H24O2S/c1-11-6-7-13(14(18-5)12(11)2)16(17)8-15(3,4)9-19-10-16/h6-7,17H,8-10H2,1-5H3. The maximum absolute atomic E-state index is 11.1. The van der Waals surface area contributed by atoms with E-state index >= 15 is 0 Å². The molecule has 0 aliphatic carbocycles. The number of methoxy groups -OCH3 is 1. The summed E-state index contributed by atoms with van der Waals surface area (Å²) in [5.74, 6) is 2.69. The van der Waals surface area contributed by atoms with Gasteiger partial charge in [0.05, 0.1) is 7.11 Å². The molecule has 0 amide bonds. The minimum Gasteiger partial charge on any atom is -0.496 e. The van der Waals surface area contributed by atoms with Crippen LogP contribution in [-0.2, 0) is 5.60 Å². The summed E-state index contributed by atoms with van der Waals surface area (Å²) in [6, 6.07) is 4.11. The second-order valence-corrected chi connectivity index (χ2v) is 7.44. The van der Waals surface area contributed by atoms with Gasteiger partial charge in [-0.1, -0.05) is 26.0 Å². The Balaban J connectivity index is 2.49. The van der Waals surface area contributed by atoms with Crippen molar-refractivity contribution in [3.63, 3.8) is 0 Å². The van der Waals surface area contributed by atoms with Crippen LogP contribution in [0.5, 0.6) is 5.75 Å². The number of benzene rings is 1. The highest BCUT2D eigenvalue weighted by Crippen LogP contribution is 2.47. The van der Waals surface area contributed by atoms with Gasteiger partial charge >= 0.3 is 0 Å². The summed E-state index contributed by atoms with van der Waals surface area (Å²) in [5.41, 5.74) is 2.64. The predicted molar refractivity (Wildman–Crippen MR) is 82.1 cm³/mol. The molecule has 1 saturated heterocycles. The van der Waals surface area contributed by atoms with Crippen LogP contribution in [0.3, 0.4) is 0 Å². The average molecular weight is 280 g/mol. The summed E-state index contributed by atoms with van der Waals surface area (Å²) in [6.07, 6.45) is 0.784. The van der Waals surface area contributed by atoms with E-state index in [0.29, 0.717) is 0 Å². The number of aryl methyl sites for hydroxylation is 1. The zero-order chi connectivity index (χ0) is 14.3. The van der Waals surface area contributed by atoms with Crippen molar-refractivity contribution in [2.75, 3.05) is 18.6 Å². The van der Waals surface area contributed by atoms with Crippen molar-refractivity contribution < 1.29 is 9.84 Å². The normalized spacial score (nSPS) is 26.2. The fraction of sp³-hybridized carbons (Fsp3) is 0.625. The molecule has 1 aliphatic heterocycles. The summed E-state index contributed by atoms with van der Waals surface area (Å²) >= 11 is 1.83. The summed E-state index contributed by atoms with van der Waals surface area (Å²) in [4.78, 5) is 0. The van der Waals surface area contributed by atoms with E-state index in [9.17, 15) is 5.11 Å². The highest BCUT2D eigenvalue weighted by atomic mass is 32.2. The zero-order valence-corrected chi connectivity index (χ0v) is 13.4. The van der Waals surface area contributed by atoms with Crippen LogP contribution in [0, 0.1) is 19.3 Å². The second-order valence-electron chi connectivity index (χ2n) is 6.45. The quantitative estimate of drug-likeness (QED) is 0.896. The van der Waals surface area contributed by atoms with Crippen LogP contribution in [0.1, 0.15) is 37.0 Å². The zero-order valence-electron chi connectivity index (χ0n) is 12.5. The molecule has 0 bridgehead atoms. The number of hydrogen-bond acceptors (Lipinski definition) is 3. The van der Waals surface area contributed by atoms with Crippen LogP contribution >= 0.6 is 11.8 Å². The Morgan fingerprint density at radius 1 is 1.21 bits per heavy atom. The molecule has 1 heterocycles. The molecule has 2 nitrogen and oxygen atoms in total. The summed E-state index contributed by atoms with van der Waals surface area (Å²) in [6.45, 7) is 8.57. The Morgan fingerprint density at radius 2 is 1.89 bits per heavy atom. The molecule has 1 fully saturated rings. The van der Waals surface area contributed by atoms with Crippen LogP contribution in [0.4, 0.5) is 0 Å². The van der Waals surface area contributed by atoms with Crippen LogP contribution in [0.15, 0.2) is 12.1 Å². The third-order valence-corrected chi connectivity index (χ3v) is 5.65. The largest absolute Gasteiger partial charge is 0.496 e. The monoisotopic (exact) mass is 280 g/mol. The van der Waals surface area contributed by atoms with Crippen molar-refractivity contribution in [3.05, 3.63) is 28.8 Å². The topological polar surface area (TPSA) is 29.5 Å². The van der Waals surface area contributed by atoms with Crippen molar-refractivity contribution in [2.45, 2.75) is 39.7 Å². The van der Waals surface area contributed by atoms with Gasteiger partial charge in [0.25, 0.3) is 0 Å². The van der Waals surface area contributed by atoms with E-state index in [4.69, 9.17) is 4.74 Å². The average Bonchev–Trinajstić information content (AvgIpc) is 2.30. The predicted octanol–water partition coefficient (Wildman–Crippen LogP) is 3.66. The van der Waals surface area contributed by atoms with Gasteiger partial charge in [0.15, 0.2) is 0 Å². The lowest BCUT2D eigenvalue weighted by atomic mass is 9.77. The van der Waals surface area contributed by atoms with Crippen molar-refractivity contribution in [1.82, 2.24) is 0 Å². The Kier molecular flexibility index (Phi) is 3.90. The summed E-state index contributed by atoms with van der Waals surface area (Å²) in [5, 5.41) is 11.1. The fourth-order valence-electron chi connectivity index (χ4n) is 2.98. The molecular formula is C16H24O2S. The molecule has 0 radical (unpaired) electrons. The lowest BCUT2D eigenvalue weighted by molar-refractivity contribution is 0.0136. The summed E-state index contributed by atoms with van der Waals surface area (Å²) in [7, 11) is 1.69. The lowest BCUT2D eigenvalue weighted by Gasteiger charge is -2.42. The molecule has 2 rings (SSSR count). The van der Waals surface area contributed by atoms with Gasteiger partial charge in [-0.2, -0.15) is 11.8 Å². The van der Waals surface area contributed by atoms with Crippen molar-refractivity contribution in [3.8, 4) is 5.75 Å². The van der Waals surface area contributed by atoms with E-state index in [1.165, 1.54) is 5.56 Å². The van der Waals surface area contributed by atoms with Crippen molar-refractivity contribution in [1.29, 1.82) is 0 Å². The number of ether oxygens (including phenoxy) is 1. The van der Waals surface area contributed by atoms with E-state index in [-0.39, 0.29) is 5.41 Å². The first-order valence-corrected chi connectivity index (χ1v) is 7.89. The van der Waals surface area contributed by atoms with E-state index in [2.05, 4.69) is 33.8 Å². The highest BCUT2D eigenvalue weighted by Gasteiger charge is 2.42. The Morgan fingerprint density at radius 3 is 2.47 bits per heavy atom. The molecule has 106 valence electrons. The maximum atomic E-state index is 11.1. The molecule has 19 heavy (non-hydrogen) atoms. The van der Waals surface area contributed by atoms with Gasteiger partial charge in [0.1, 0.15) is 11.4 Å². The van der Waals surface area contributed by atoms with Crippen LogP contribution < -0.4 is 4.74 Å². The first-order chi connectivity index (χ1) is 8.79. The van der Waals surface area contributed by atoms with Crippen LogP contribution in [0.2, 0.25) is 0 Å². The van der Waals surface area contributed by atoms with Gasteiger partial charge in [-0.05, 0) is 42.6 Å². The second kappa shape index (κ2) is 5.02. The minimum atomic E-state index is -0.782. The van der Waals surface area contributed by atoms with Gasteiger partial charge in [0, 0.05) is 11.3 Å². The Hall–Kier alpha value is -0.670. The fourth-order valence-corrected chi connectivity index (χ4v) is 4.33. The third-order valence-electron chi connectivity index (χ3n) is 3.99. The van der Waals surface area contributed by atoms with Gasteiger partial charge in [-0.3, -0.25) is 0 Å². The van der Waals surface area contributed by atoms with E-state index < -0.39 is 5.60 Å². The maximum Gasteiger partial charge on any atom is 0.128 e. The number of hydrogen-bond donors (Lipinski definition) is 1. The van der Waals surface area contributed by atoms with Crippen LogP contribution in [0.25, 0.3) is 0 Å². The van der Waals surface area contributed by atoms with Crippen LogP contribution in [-0.4, -0.2) is 23.7 Å². The number of aliphatic hydroxyl groups is 1. The lowest BCUT2D eigenvalue weighted by Crippen LogP contribution is -2.40. The third kappa shape index (κ3) is 2.77. The van der Waals surface area contributed by atoms with E-state index in [0.717, 1.165) is 34.8 Å². The Labute approximate surface area is 120 Å². The molecule has 0 aromatic heterocycles. The molecule has 0 saturated carbocycles. The number of rotatable bonds is 2. The summed E-state index contributed by atoms with van der Waals surface area (Å²) < 4.78 is 5.57. The molecule has 1 N–H and O–H groups in total. The van der Waals surface area contributed by atoms with E-state index in [1.54, 1.807) is 7.11 Å². The molecule has 3 heteroatoms. The highest BCUT2D eigenvalue weighted by molar-refractivity contribution is 7.99. The molecule has 1 aliphatic rings.